The molecule has 5 rings (SSSR count). The van der Waals surface area contributed by atoms with Crippen molar-refractivity contribution in [3.05, 3.63) is 74.0 Å². The fourth-order valence-electron chi connectivity index (χ4n) is 4.05. The maximum absolute atomic E-state index is 13.2. The van der Waals surface area contributed by atoms with Gasteiger partial charge in [0.25, 0.3) is 0 Å². The van der Waals surface area contributed by atoms with Gasteiger partial charge in [0, 0.05) is 21.7 Å². The Balaban J connectivity index is 0.00000231. The van der Waals surface area contributed by atoms with Gasteiger partial charge in [0.15, 0.2) is 10.9 Å². The molecule has 0 fully saturated rings. The second-order valence-electron chi connectivity index (χ2n) is 7.49. The molecule has 0 aliphatic heterocycles. The van der Waals surface area contributed by atoms with E-state index in [4.69, 9.17) is 0 Å². The van der Waals surface area contributed by atoms with Crippen LogP contribution < -0.4 is 40.4 Å². The van der Waals surface area contributed by atoms with Crippen LogP contribution in [0.15, 0.2) is 56.9 Å². The molecule has 0 aliphatic rings. The Morgan fingerprint density at radius 2 is 1.29 bits per heavy atom. The fraction of sp³-hybridized carbons (Fsp3) is 0.0909. The van der Waals surface area contributed by atoms with Gasteiger partial charge in [0.05, 0.1) is 26.8 Å². The summed E-state index contributed by atoms with van der Waals surface area (Å²) in [5.41, 5.74) is 2.10. The minimum Gasteiger partial charge on any atom is -0.744 e. The molecule has 0 bridgehead atoms. The number of benzene rings is 3. The van der Waals surface area contributed by atoms with Gasteiger partial charge in [-0.15, -0.1) is 0 Å². The Morgan fingerprint density at radius 1 is 0.742 bits per heavy atom. The molecule has 2 N–H and O–H groups in total. The van der Waals surface area contributed by atoms with Gasteiger partial charge in [0.1, 0.15) is 10.1 Å². The van der Waals surface area contributed by atoms with Gasteiger partial charge in [-0.25, -0.2) is 8.42 Å². The first-order valence-electron chi connectivity index (χ1n) is 9.17. The first-order chi connectivity index (χ1) is 14.1. The van der Waals surface area contributed by atoms with Gasteiger partial charge in [0.2, 0.25) is 0 Å². The van der Waals surface area contributed by atoms with E-state index in [1.165, 1.54) is 19.1 Å². The summed E-state index contributed by atoms with van der Waals surface area (Å²) >= 11 is 0. The summed E-state index contributed by atoms with van der Waals surface area (Å²) in [5.74, 6) is 0. The molecule has 5 aromatic rings. The Labute approximate surface area is 198 Å². The van der Waals surface area contributed by atoms with Crippen LogP contribution in [0, 0.1) is 13.8 Å². The molecule has 0 spiro atoms. The number of aromatic amines is 2. The van der Waals surface area contributed by atoms with E-state index >= 15 is 0 Å². The van der Waals surface area contributed by atoms with Crippen LogP contribution in [-0.2, 0) is 10.1 Å². The number of aryl methyl sites for hydroxylation is 2. The number of hydrogen-bond donors (Lipinski definition) is 2. The van der Waals surface area contributed by atoms with Crippen molar-refractivity contribution < 1.29 is 42.5 Å². The van der Waals surface area contributed by atoms with E-state index in [0.717, 1.165) is 5.56 Å². The third-order valence-corrected chi connectivity index (χ3v) is 6.46. The van der Waals surface area contributed by atoms with Crippen LogP contribution in [0.1, 0.15) is 11.1 Å². The van der Waals surface area contributed by atoms with E-state index in [0.29, 0.717) is 27.3 Å². The van der Waals surface area contributed by atoms with Crippen molar-refractivity contribution in [1.29, 1.82) is 0 Å². The van der Waals surface area contributed by atoms with E-state index in [9.17, 15) is 22.6 Å². The minimum atomic E-state index is -4.86. The average molecular weight is 442 g/mol. The van der Waals surface area contributed by atoms with E-state index in [1.54, 1.807) is 24.3 Å². The Kier molecular flexibility index (Phi) is 5.11. The molecule has 2 aromatic heterocycles. The van der Waals surface area contributed by atoms with Crippen LogP contribution in [0.5, 0.6) is 0 Å². The third kappa shape index (κ3) is 3.31. The Bertz CT molecular complexity index is 1790. The van der Waals surface area contributed by atoms with Crippen molar-refractivity contribution in [3.63, 3.8) is 0 Å². The molecule has 3 aromatic carbocycles. The number of hydrogen-bond acceptors (Lipinski definition) is 5. The van der Waals surface area contributed by atoms with Crippen molar-refractivity contribution in [3.8, 4) is 0 Å². The molecule has 150 valence electrons. The number of aromatic nitrogens is 2. The minimum absolute atomic E-state index is 0. The van der Waals surface area contributed by atoms with Gasteiger partial charge in [-0.3, -0.25) is 9.59 Å². The predicted octanol–water partition coefficient (Wildman–Crippen LogP) is 0.201. The number of nitrogens with one attached hydrogen (secondary N) is 2. The number of pyridine rings is 2. The second kappa shape index (κ2) is 7.29. The summed E-state index contributed by atoms with van der Waals surface area (Å²) in [6.45, 7) is 3.37. The van der Waals surface area contributed by atoms with Crippen LogP contribution in [0.2, 0.25) is 0 Å². The summed E-state index contributed by atoms with van der Waals surface area (Å²) in [7, 11) is -4.86. The largest absolute Gasteiger partial charge is 1.00 e. The molecule has 0 aliphatic carbocycles. The predicted molar refractivity (Wildman–Crippen MR) is 115 cm³/mol. The monoisotopic (exact) mass is 442 g/mol. The smallest absolute Gasteiger partial charge is 0.744 e. The molecular weight excluding hydrogens is 427 g/mol. The van der Waals surface area contributed by atoms with Gasteiger partial charge >= 0.3 is 29.6 Å². The van der Waals surface area contributed by atoms with Gasteiger partial charge < -0.3 is 14.5 Å². The molecule has 9 heteroatoms. The molecule has 0 saturated heterocycles. The normalized spacial score (nSPS) is 12.0. The topological polar surface area (TPSA) is 123 Å². The van der Waals surface area contributed by atoms with Crippen molar-refractivity contribution in [1.82, 2.24) is 9.97 Å². The molecule has 0 radical (unpaired) electrons. The summed E-state index contributed by atoms with van der Waals surface area (Å²) in [6, 6.07) is 11.6. The molecular formula is C22H15N2NaO5S. The van der Waals surface area contributed by atoms with Crippen LogP contribution in [-0.4, -0.2) is 22.9 Å². The van der Waals surface area contributed by atoms with E-state index in [1.807, 2.05) is 13.0 Å². The zero-order valence-electron chi connectivity index (χ0n) is 17.0. The van der Waals surface area contributed by atoms with Crippen LogP contribution >= 0.6 is 0 Å². The van der Waals surface area contributed by atoms with Crippen LogP contribution in [0.25, 0.3) is 43.6 Å². The number of rotatable bonds is 1. The van der Waals surface area contributed by atoms with Gasteiger partial charge in [-0.05, 0) is 49.7 Å². The molecule has 0 unspecified atom stereocenters. The summed E-state index contributed by atoms with van der Waals surface area (Å²) in [5, 5.41) is 0.961. The van der Waals surface area contributed by atoms with E-state index in [-0.39, 0.29) is 56.8 Å². The number of H-pyrrole nitrogens is 2. The van der Waals surface area contributed by atoms with Crippen molar-refractivity contribution in [2.45, 2.75) is 18.7 Å². The summed E-state index contributed by atoms with van der Waals surface area (Å²) in [6.07, 6.45) is 0. The van der Waals surface area contributed by atoms with E-state index in [2.05, 4.69) is 9.97 Å². The van der Waals surface area contributed by atoms with Gasteiger partial charge in [-0.2, -0.15) is 0 Å². The van der Waals surface area contributed by atoms with Crippen molar-refractivity contribution in [2.24, 2.45) is 0 Å². The summed E-state index contributed by atoms with van der Waals surface area (Å²) in [4.78, 5) is 31.9. The maximum Gasteiger partial charge on any atom is 1.00 e. The molecule has 31 heavy (non-hydrogen) atoms. The molecule has 0 amide bonds. The standard InChI is InChI=1S/C22H16N2O5S.Na/c1-10-3-5-15-12(7-10)20(25)13-8-18-14(9-17(13)23-15)21(26)19-16(24-18)6-4-11(2)22(19)30(27,28)29;/h3-9H,1-2H3,(H,23,25)(H,24,26)(H,27,28,29);/q;+1/p-1. The Hall–Kier alpha value is -2.49. The zero-order chi connectivity index (χ0) is 21.4. The molecule has 7 nitrogen and oxygen atoms in total. The quantitative estimate of drug-likeness (QED) is 0.218. The van der Waals surface area contributed by atoms with Crippen LogP contribution in [0.4, 0.5) is 0 Å². The molecule has 2 heterocycles. The number of fused-ring (bicyclic) bond motifs is 4. The van der Waals surface area contributed by atoms with E-state index < -0.39 is 20.4 Å². The molecule has 0 atom stereocenters. The maximum atomic E-state index is 13.2. The fourth-order valence-corrected chi connectivity index (χ4v) is 4.96. The summed E-state index contributed by atoms with van der Waals surface area (Å²) < 4.78 is 35.5. The third-order valence-electron chi connectivity index (χ3n) is 5.44. The average Bonchev–Trinajstić information content (AvgIpc) is 2.68. The Morgan fingerprint density at radius 3 is 1.94 bits per heavy atom. The van der Waals surface area contributed by atoms with Crippen molar-refractivity contribution >= 4 is 53.7 Å². The van der Waals surface area contributed by atoms with Crippen LogP contribution in [0.3, 0.4) is 0 Å². The second-order valence-corrected chi connectivity index (χ2v) is 8.81. The molecule has 0 saturated carbocycles. The zero-order valence-corrected chi connectivity index (χ0v) is 19.8. The first-order valence-corrected chi connectivity index (χ1v) is 10.6. The first kappa shape index (κ1) is 21.7. The van der Waals surface area contributed by atoms with Crippen molar-refractivity contribution in [2.75, 3.05) is 0 Å². The van der Waals surface area contributed by atoms with Gasteiger partial charge in [-0.1, -0.05) is 17.7 Å². The SMILES string of the molecule is Cc1ccc2[nH]c3cc4c(=O)c5c(S(=O)(=O)[O-])c(C)ccc5[nH]c4cc3c(=O)c2c1.[Na+].